The fourth-order valence-electron chi connectivity index (χ4n) is 3.63. The van der Waals surface area contributed by atoms with Crippen molar-refractivity contribution in [3.63, 3.8) is 0 Å². The smallest absolute Gasteiger partial charge is 0.252 e. The maximum absolute atomic E-state index is 13.0. The number of benzene rings is 2. The monoisotopic (exact) mass is 392 g/mol. The maximum atomic E-state index is 13.0. The van der Waals surface area contributed by atoms with Crippen molar-refractivity contribution in [3.05, 3.63) is 103 Å². The molecule has 1 amide bonds. The molecule has 5 rings (SSSR count). The Balaban J connectivity index is 1.39. The second kappa shape index (κ2) is 7.79. The Bertz CT molecular complexity index is 1310. The summed E-state index contributed by atoms with van der Waals surface area (Å²) < 4.78 is 1.99. The second-order valence-electron chi connectivity index (χ2n) is 7.14. The third-order valence-electron chi connectivity index (χ3n) is 5.11. The number of nitrogens with one attached hydrogen (secondary N) is 1. The zero-order chi connectivity index (χ0) is 20.3. The van der Waals surface area contributed by atoms with Gasteiger partial charge in [0.1, 0.15) is 5.65 Å². The molecule has 0 unspecified atom stereocenters. The van der Waals surface area contributed by atoms with Gasteiger partial charge in [-0.2, -0.15) is 0 Å². The lowest BCUT2D eigenvalue weighted by Crippen LogP contribution is -2.26. The normalized spacial score (nSPS) is 11.1. The number of nitrogens with zero attached hydrogens (tertiary/aromatic N) is 3. The van der Waals surface area contributed by atoms with Crippen molar-refractivity contribution in [2.24, 2.45) is 0 Å². The standard InChI is InChI=1S/C25H20N4O/c30-25(26-14-13-19-17-29-15-7-6-12-24(29)27-19)21-16-23(18-8-2-1-3-9-18)28-22-11-5-4-10-20(21)22/h1-12,15-17H,13-14H2,(H,26,30). The van der Waals surface area contributed by atoms with E-state index in [9.17, 15) is 4.79 Å². The van der Waals surface area contributed by atoms with Crippen LogP contribution in [0, 0.1) is 0 Å². The molecule has 0 saturated heterocycles. The van der Waals surface area contributed by atoms with E-state index in [1.807, 2.05) is 95.7 Å². The first-order valence-corrected chi connectivity index (χ1v) is 9.94. The van der Waals surface area contributed by atoms with Crippen molar-refractivity contribution in [1.29, 1.82) is 0 Å². The lowest BCUT2D eigenvalue weighted by atomic mass is 10.0. The van der Waals surface area contributed by atoms with Gasteiger partial charge in [-0.05, 0) is 24.3 Å². The van der Waals surface area contributed by atoms with Crippen molar-refractivity contribution >= 4 is 22.5 Å². The average Bonchev–Trinajstić information content (AvgIpc) is 3.21. The molecule has 0 spiro atoms. The van der Waals surface area contributed by atoms with Crippen LogP contribution in [0.2, 0.25) is 0 Å². The van der Waals surface area contributed by atoms with Crippen LogP contribution in [0.5, 0.6) is 0 Å². The van der Waals surface area contributed by atoms with Gasteiger partial charge in [0.05, 0.1) is 22.5 Å². The largest absolute Gasteiger partial charge is 0.352 e. The summed E-state index contributed by atoms with van der Waals surface area (Å²) in [5.74, 6) is -0.102. The van der Waals surface area contributed by atoms with Gasteiger partial charge in [0, 0.05) is 36.3 Å². The SMILES string of the molecule is O=C(NCCc1cn2ccccc2n1)c1cc(-c2ccccc2)nc2ccccc12. The Morgan fingerprint density at radius 1 is 0.900 bits per heavy atom. The van der Waals surface area contributed by atoms with Crippen molar-refractivity contribution < 1.29 is 4.79 Å². The van der Waals surface area contributed by atoms with Crippen LogP contribution in [-0.2, 0) is 6.42 Å². The van der Waals surface area contributed by atoms with Crippen LogP contribution in [0.3, 0.4) is 0 Å². The van der Waals surface area contributed by atoms with E-state index in [1.54, 1.807) is 0 Å². The molecule has 3 heterocycles. The summed E-state index contributed by atoms with van der Waals surface area (Å²) in [7, 11) is 0. The number of carbonyl (C=O) groups is 1. The summed E-state index contributed by atoms with van der Waals surface area (Å²) in [5, 5.41) is 3.90. The molecule has 0 radical (unpaired) electrons. The summed E-state index contributed by atoms with van der Waals surface area (Å²) >= 11 is 0. The number of fused-ring (bicyclic) bond motifs is 2. The fraction of sp³-hybridized carbons (Fsp3) is 0.0800. The van der Waals surface area contributed by atoms with E-state index in [2.05, 4.69) is 10.3 Å². The molecular weight excluding hydrogens is 372 g/mol. The molecule has 0 aliphatic heterocycles. The lowest BCUT2D eigenvalue weighted by Gasteiger charge is -2.10. The molecule has 1 N–H and O–H groups in total. The van der Waals surface area contributed by atoms with Gasteiger partial charge in [-0.25, -0.2) is 9.97 Å². The first-order valence-electron chi connectivity index (χ1n) is 9.94. The number of hydrogen-bond acceptors (Lipinski definition) is 3. The fourth-order valence-corrected chi connectivity index (χ4v) is 3.63. The number of pyridine rings is 2. The van der Waals surface area contributed by atoms with Crippen LogP contribution >= 0.6 is 0 Å². The molecular formula is C25H20N4O. The summed E-state index contributed by atoms with van der Waals surface area (Å²) in [6.45, 7) is 0.514. The highest BCUT2D eigenvalue weighted by Gasteiger charge is 2.14. The van der Waals surface area contributed by atoms with Gasteiger partial charge in [-0.1, -0.05) is 54.6 Å². The van der Waals surface area contributed by atoms with Gasteiger partial charge in [0.2, 0.25) is 0 Å². The lowest BCUT2D eigenvalue weighted by molar-refractivity contribution is 0.0955. The van der Waals surface area contributed by atoms with Gasteiger partial charge in [-0.15, -0.1) is 0 Å². The third-order valence-corrected chi connectivity index (χ3v) is 5.11. The van der Waals surface area contributed by atoms with E-state index in [-0.39, 0.29) is 5.91 Å². The number of rotatable bonds is 5. The van der Waals surface area contributed by atoms with E-state index >= 15 is 0 Å². The molecule has 0 aliphatic rings. The van der Waals surface area contributed by atoms with E-state index in [0.29, 0.717) is 18.5 Å². The van der Waals surface area contributed by atoms with E-state index in [1.165, 1.54) is 0 Å². The summed E-state index contributed by atoms with van der Waals surface area (Å²) in [4.78, 5) is 22.4. The number of hydrogen-bond donors (Lipinski definition) is 1. The average molecular weight is 392 g/mol. The summed E-state index contributed by atoms with van der Waals surface area (Å²) in [6, 6.07) is 25.4. The van der Waals surface area contributed by atoms with Gasteiger partial charge >= 0.3 is 0 Å². The van der Waals surface area contributed by atoms with Crippen molar-refractivity contribution in [2.75, 3.05) is 6.54 Å². The first-order chi connectivity index (χ1) is 14.8. The predicted octanol–water partition coefficient (Wildman–Crippen LogP) is 4.52. The Kier molecular flexibility index (Phi) is 4.69. The molecule has 0 bridgehead atoms. The number of aromatic nitrogens is 3. The molecule has 5 aromatic rings. The van der Waals surface area contributed by atoms with E-state index in [0.717, 1.165) is 33.5 Å². The molecule has 5 nitrogen and oxygen atoms in total. The quantitative estimate of drug-likeness (QED) is 0.478. The minimum atomic E-state index is -0.102. The molecule has 2 aromatic carbocycles. The van der Waals surface area contributed by atoms with Crippen LogP contribution in [-0.4, -0.2) is 26.8 Å². The number of carbonyl (C=O) groups excluding carboxylic acids is 1. The Morgan fingerprint density at radius 2 is 1.70 bits per heavy atom. The van der Waals surface area contributed by atoms with Crippen molar-refractivity contribution in [3.8, 4) is 11.3 Å². The molecule has 0 aliphatic carbocycles. The van der Waals surface area contributed by atoms with Crippen LogP contribution in [0.25, 0.3) is 27.8 Å². The summed E-state index contributed by atoms with van der Waals surface area (Å²) in [6.07, 6.45) is 4.64. The molecule has 30 heavy (non-hydrogen) atoms. The highest BCUT2D eigenvalue weighted by Crippen LogP contribution is 2.24. The molecule has 0 saturated carbocycles. The van der Waals surface area contributed by atoms with Crippen molar-refractivity contribution in [1.82, 2.24) is 19.7 Å². The predicted molar refractivity (Wildman–Crippen MR) is 118 cm³/mol. The van der Waals surface area contributed by atoms with E-state index in [4.69, 9.17) is 4.98 Å². The van der Waals surface area contributed by atoms with Crippen molar-refractivity contribution in [2.45, 2.75) is 6.42 Å². The van der Waals surface area contributed by atoms with Gasteiger partial charge in [0.25, 0.3) is 5.91 Å². The third kappa shape index (κ3) is 3.53. The molecule has 0 atom stereocenters. The zero-order valence-corrected chi connectivity index (χ0v) is 16.3. The molecule has 5 heteroatoms. The van der Waals surface area contributed by atoms with Crippen LogP contribution < -0.4 is 5.32 Å². The minimum Gasteiger partial charge on any atom is -0.352 e. The number of para-hydroxylation sites is 1. The Hall–Kier alpha value is -3.99. The van der Waals surface area contributed by atoms with Crippen LogP contribution in [0.4, 0.5) is 0 Å². The Labute approximate surface area is 174 Å². The van der Waals surface area contributed by atoms with Crippen LogP contribution in [0.1, 0.15) is 16.1 Å². The van der Waals surface area contributed by atoms with Gasteiger partial charge < -0.3 is 9.72 Å². The highest BCUT2D eigenvalue weighted by molar-refractivity contribution is 6.07. The molecule has 0 fully saturated rings. The topological polar surface area (TPSA) is 59.3 Å². The highest BCUT2D eigenvalue weighted by atomic mass is 16.1. The van der Waals surface area contributed by atoms with E-state index < -0.39 is 0 Å². The first kappa shape index (κ1) is 18.1. The minimum absolute atomic E-state index is 0.102. The second-order valence-corrected chi connectivity index (χ2v) is 7.14. The Morgan fingerprint density at radius 3 is 2.57 bits per heavy atom. The number of imidazole rings is 1. The van der Waals surface area contributed by atoms with Crippen LogP contribution in [0.15, 0.2) is 91.3 Å². The molecule has 3 aromatic heterocycles. The summed E-state index contributed by atoms with van der Waals surface area (Å²) in [5.41, 5.74) is 5.08. The zero-order valence-electron chi connectivity index (χ0n) is 16.3. The number of amides is 1. The molecule has 146 valence electrons. The van der Waals surface area contributed by atoms with Gasteiger partial charge in [0.15, 0.2) is 0 Å². The maximum Gasteiger partial charge on any atom is 0.252 e. The van der Waals surface area contributed by atoms with Gasteiger partial charge in [-0.3, -0.25) is 4.79 Å².